The number of nitrogens with zero attached hydrogens (tertiary/aromatic N) is 3. The van der Waals surface area contributed by atoms with Crippen LogP contribution in [0.25, 0.3) is 11.0 Å². The van der Waals surface area contributed by atoms with E-state index in [1.165, 1.54) is 6.20 Å². The molecule has 0 aliphatic carbocycles. The van der Waals surface area contributed by atoms with Crippen molar-refractivity contribution in [3.05, 3.63) is 66.5 Å². The number of carbonyl (C=O) groups excluding carboxylic acids is 1. The molecule has 7 heteroatoms. The summed E-state index contributed by atoms with van der Waals surface area (Å²) in [5, 5.41) is 3.30. The number of aldehydes is 1. The molecular formula is C21H18N4O3. The highest BCUT2D eigenvalue weighted by atomic mass is 16.5. The number of hydrogen-bond donors (Lipinski definition) is 1. The van der Waals surface area contributed by atoms with Gasteiger partial charge in [0, 0.05) is 37.1 Å². The van der Waals surface area contributed by atoms with E-state index in [4.69, 9.17) is 9.47 Å². The van der Waals surface area contributed by atoms with E-state index < -0.39 is 0 Å². The molecule has 28 heavy (non-hydrogen) atoms. The Morgan fingerprint density at radius 1 is 1.04 bits per heavy atom. The smallest absolute Gasteiger partial charge is 0.208 e. The average molecular weight is 374 g/mol. The lowest BCUT2D eigenvalue weighted by molar-refractivity contribution is 0.111. The van der Waals surface area contributed by atoms with Gasteiger partial charge in [-0.25, -0.2) is 4.98 Å². The van der Waals surface area contributed by atoms with Crippen LogP contribution in [-0.4, -0.2) is 27.9 Å². The van der Waals surface area contributed by atoms with Gasteiger partial charge in [0.25, 0.3) is 0 Å². The lowest BCUT2D eigenvalue weighted by Crippen LogP contribution is -1.99. The number of anilines is 2. The maximum absolute atomic E-state index is 10.9. The molecule has 0 spiro atoms. The highest BCUT2D eigenvalue weighted by molar-refractivity contribution is 5.81. The van der Waals surface area contributed by atoms with Gasteiger partial charge in [0.2, 0.25) is 5.95 Å². The average Bonchev–Trinajstić information content (AvgIpc) is 3.03. The molecule has 0 aliphatic heterocycles. The second-order valence-electron chi connectivity index (χ2n) is 6.14. The van der Waals surface area contributed by atoms with Crippen LogP contribution < -0.4 is 14.8 Å². The van der Waals surface area contributed by atoms with Gasteiger partial charge in [0.05, 0.1) is 18.1 Å². The summed E-state index contributed by atoms with van der Waals surface area (Å²) in [5.41, 5.74) is 2.95. The highest BCUT2D eigenvalue weighted by Gasteiger charge is 2.10. The summed E-state index contributed by atoms with van der Waals surface area (Å²) in [6.07, 6.45) is 2.22. The van der Waals surface area contributed by atoms with Gasteiger partial charge in [-0.1, -0.05) is 6.07 Å². The van der Waals surface area contributed by atoms with Gasteiger partial charge < -0.3 is 19.4 Å². The van der Waals surface area contributed by atoms with E-state index in [1.54, 1.807) is 19.2 Å². The minimum absolute atomic E-state index is 0.321. The molecule has 4 rings (SSSR count). The molecule has 0 saturated carbocycles. The number of nitrogens with one attached hydrogen (secondary N) is 1. The van der Waals surface area contributed by atoms with Crippen LogP contribution >= 0.6 is 0 Å². The predicted octanol–water partition coefficient (Wildman–Crippen LogP) is 4.33. The van der Waals surface area contributed by atoms with Crippen LogP contribution in [0.2, 0.25) is 0 Å². The topological polar surface area (TPSA) is 78.3 Å². The summed E-state index contributed by atoms with van der Waals surface area (Å²) in [6, 6.07) is 16.6. The van der Waals surface area contributed by atoms with Crippen LogP contribution in [0, 0.1) is 0 Å². The number of methoxy groups -OCH3 is 1. The van der Waals surface area contributed by atoms with Gasteiger partial charge in [-0.05, 0) is 30.3 Å². The first-order valence-corrected chi connectivity index (χ1v) is 8.63. The fourth-order valence-electron chi connectivity index (χ4n) is 2.88. The Balaban J connectivity index is 1.62. The molecular weight excluding hydrogens is 356 g/mol. The van der Waals surface area contributed by atoms with Crippen molar-refractivity contribution in [3.63, 3.8) is 0 Å². The molecule has 0 radical (unpaired) electrons. The van der Waals surface area contributed by atoms with Crippen molar-refractivity contribution < 1.29 is 14.3 Å². The van der Waals surface area contributed by atoms with Gasteiger partial charge in [-0.15, -0.1) is 0 Å². The third-order valence-electron chi connectivity index (χ3n) is 4.29. The molecule has 0 bridgehead atoms. The van der Waals surface area contributed by atoms with Crippen LogP contribution in [-0.2, 0) is 7.05 Å². The van der Waals surface area contributed by atoms with Crippen molar-refractivity contribution in [2.75, 3.05) is 12.4 Å². The van der Waals surface area contributed by atoms with Crippen molar-refractivity contribution in [1.29, 1.82) is 0 Å². The molecule has 0 fully saturated rings. The minimum Gasteiger partial charge on any atom is -0.497 e. The third kappa shape index (κ3) is 3.50. The summed E-state index contributed by atoms with van der Waals surface area (Å²) in [5.74, 6) is 2.64. The van der Waals surface area contributed by atoms with E-state index in [2.05, 4.69) is 15.3 Å². The maximum Gasteiger partial charge on any atom is 0.208 e. The van der Waals surface area contributed by atoms with Gasteiger partial charge in [0.15, 0.2) is 6.29 Å². The Morgan fingerprint density at radius 2 is 1.89 bits per heavy atom. The molecule has 0 unspecified atom stereocenters. The fourth-order valence-corrected chi connectivity index (χ4v) is 2.88. The number of rotatable bonds is 6. The molecule has 0 amide bonds. The Bertz CT molecular complexity index is 1150. The molecule has 4 aromatic rings. The lowest BCUT2D eigenvalue weighted by atomic mass is 10.3. The second-order valence-corrected chi connectivity index (χ2v) is 6.14. The number of benzene rings is 2. The number of carbonyl (C=O) groups is 1. The summed E-state index contributed by atoms with van der Waals surface area (Å²) in [7, 11) is 3.58. The first kappa shape index (κ1) is 17.5. The largest absolute Gasteiger partial charge is 0.497 e. The van der Waals surface area contributed by atoms with Crippen molar-refractivity contribution in [1.82, 2.24) is 14.5 Å². The second kappa shape index (κ2) is 7.40. The van der Waals surface area contributed by atoms with Crippen LogP contribution in [0.15, 0.2) is 60.8 Å². The quantitative estimate of drug-likeness (QED) is 0.506. The van der Waals surface area contributed by atoms with Crippen molar-refractivity contribution in [2.45, 2.75) is 0 Å². The molecule has 7 nitrogen and oxygen atoms in total. The SMILES string of the molecule is COc1cccc(Nc2nc3cc(Oc4ccnc(C=O)c4)ccc3n2C)c1. The Hall–Kier alpha value is -3.87. The van der Waals surface area contributed by atoms with Crippen LogP contribution in [0.5, 0.6) is 17.2 Å². The number of hydrogen-bond acceptors (Lipinski definition) is 6. The van der Waals surface area contributed by atoms with Crippen LogP contribution in [0.3, 0.4) is 0 Å². The summed E-state index contributed by atoms with van der Waals surface area (Å²) in [4.78, 5) is 19.5. The van der Waals surface area contributed by atoms with E-state index in [0.29, 0.717) is 29.4 Å². The van der Waals surface area contributed by atoms with E-state index in [0.717, 1.165) is 22.5 Å². The molecule has 0 aliphatic rings. The number of aryl methyl sites for hydroxylation is 1. The summed E-state index contributed by atoms with van der Waals surface area (Å²) < 4.78 is 13.1. The standard InChI is InChI=1S/C21H18N4O3/c1-25-20-7-6-17(28-18-8-9-22-15(11-18)13-26)12-19(20)24-21(25)23-14-4-3-5-16(10-14)27-2/h3-13H,1-2H3,(H,23,24). The molecule has 2 aromatic carbocycles. The Labute approximate surface area is 161 Å². The molecule has 2 aromatic heterocycles. The van der Waals surface area contributed by atoms with Gasteiger partial charge in [0.1, 0.15) is 22.9 Å². The van der Waals surface area contributed by atoms with Gasteiger partial charge >= 0.3 is 0 Å². The third-order valence-corrected chi connectivity index (χ3v) is 4.29. The van der Waals surface area contributed by atoms with E-state index in [-0.39, 0.29) is 0 Å². The van der Waals surface area contributed by atoms with Crippen LogP contribution in [0.1, 0.15) is 10.5 Å². The van der Waals surface area contributed by atoms with E-state index in [9.17, 15) is 4.79 Å². The van der Waals surface area contributed by atoms with Gasteiger partial charge in [-0.2, -0.15) is 0 Å². The van der Waals surface area contributed by atoms with E-state index >= 15 is 0 Å². The number of fused-ring (bicyclic) bond motifs is 1. The monoisotopic (exact) mass is 374 g/mol. The molecule has 0 atom stereocenters. The first-order chi connectivity index (χ1) is 13.7. The van der Waals surface area contributed by atoms with Crippen LogP contribution in [0.4, 0.5) is 11.6 Å². The first-order valence-electron chi connectivity index (χ1n) is 8.63. The van der Waals surface area contributed by atoms with Crippen molar-refractivity contribution >= 4 is 29.0 Å². The Morgan fingerprint density at radius 3 is 2.71 bits per heavy atom. The number of pyridine rings is 1. The maximum atomic E-state index is 10.9. The lowest BCUT2D eigenvalue weighted by Gasteiger charge is -2.07. The summed E-state index contributed by atoms with van der Waals surface area (Å²) >= 11 is 0. The zero-order valence-electron chi connectivity index (χ0n) is 15.4. The van der Waals surface area contributed by atoms with E-state index in [1.807, 2.05) is 54.1 Å². The van der Waals surface area contributed by atoms with Crippen molar-refractivity contribution in [3.8, 4) is 17.2 Å². The van der Waals surface area contributed by atoms with Crippen molar-refractivity contribution in [2.24, 2.45) is 7.05 Å². The molecule has 1 N–H and O–H groups in total. The molecule has 140 valence electrons. The number of ether oxygens (including phenoxy) is 2. The summed E-state index contributed by atoms with van der Waals surface area (Å²) in [6.45, 7) is 0. The molecule has 2 heterocycles. The normalized spacial score (nSPS) is 10.6. The Kier molecular flexibility index (Phi) is 4.63. The zero-order valence-corrected chi connectivity index (χ0v) is 15.4. The zero-order chi connectivity index (χ0) is 19.5. The molecule has 0 saturated heterocycles. The number of imidazole rings is 1. The van der Waals surface area contributed by atoms with Gasteiger partial charge in [-0.3, -0.25) is 9.78 Å². The number of aromatic nitrogens is 3. The minimum atomic E-state index is 0.321. The highest BCUT2D eigenvalue weighted by Crippen LogP contribution is 2.28. The fraction of sp³-hybridized carbons (Fsp3) is 0.0952. The predicted molar refractivity (Wildman–Crippen MR) is 107 cm³/mol.